The van der Waals surface area contributed by atoms with E-state index in [2.05, 4.69) is 54.4 Å². The topological polar surface area (TPSA) is 78.7 Å². The van der Waals surface area contributed by atoms with E-state index in [-0.39, 0.29) is 11.7 Å². The number of hydrogen-bond acceptors (Lipinski definition) is 6. The maximum atomic E-state index is 12.4. The monoisotopic (exact) mass is 379 g/mol. The highest BCUT2D eigenvalue weighted by Crippen LogP contribution is 2.15. The molecule has 0 bridgehead atoms. The number of amides is 1. The molecule has 4 rings (SSSR count). The molecule has 3 heterocycles. The fourth-order valence-electron chi connectivity index (χ4n) is 3.54. The molecule has 28 heavy (non-hydrogen) atoms. The fourth-order valence-corrected chi connectivity index (χ4v) is 3.54. The molecule has 1 aliphatic rings. The van der Waals surface area contributed by atoms with Crippen molar-refractivity contribution in [2.45, 2.75) is 13.8 Å². The van der Waals surface area contributed by atoms with Crippen LogP contribution in [0.5, 0.6) is 0 Å². The number of fused-ring (bicyclic) bond motifs is 1. The highest BCUT2D eigenvalue weighted by molar-refractivity contribution is 5.90. The van der Waals surface area contributed by atoms with Gasteiger partial charge in [0, 0.05) is 56.3 Å². The lowest BCUT2D eigenvalue weighted by atomic mass is 10.2. The fraction of sp³-hybridized carbons (Fsp3) is 0.400. The zero-order valence-electron chi connectivity index (χ0n) is 16.3. The van der Waals surface area contributed by atoms with Crippen LogP contribution in [0.1, 0.15) is 22.0 Å². The van der Waals surface area contributed by atoms with Crippen molar-refractivity contribution >= 4 is 17.4 Å². The summed E-state index contributed by atoms with van der Waals surface area (Å²) in [6.45, 7) is 9.18. The van der Waals surface area contributed by atoms with E-state index in [9.17, 15) is 4.79 Å². The van der Waals surface area contributed by atoms with Gasteiger partial charge in [-0.05, 0) is 32.0 Å². The Morgan fingerprint density at radius 1 is 1.07 bits per heavy atom. The van der Waals surface area contributed by atoms with Gasteiger partial charge in [0.25, 0.3) is 11.7 Å². The molecule has 0 radical (unpaired) electrons. The number of hydrogen-bond donors (Lipinski definition) is 1. The molecule has 146 valence electrons. The molecule has 0 unspecified atom stereocenters. The third-order valence-corrected chi connectivity index (χ3v) is 5.03. The van der Waals surface area contributed by atoms with Crippen molar-refractivity contribution in [1.29, 1.82) is 0 Å². The number of aromatic nitrogens is 4. The van der Waals surface area contributed by atoms with E-state index in [1.807, 2.05) is 26.0 Å². The first-order valence-electron chi connectivity index (χ1n) is 9.62. The summed E-state index contributed by atoms with van der Waals surface area (Å²) < 4.78 is 1.60. The summed E-state index contributed by atoms with van der Waals surface area (Å²) in [5.41, 5.74) is 3.04. The Bertz CT molecular complexity index is 961. The van der Waals surface area contributed by atoms with Gasteiger partial charge < -0.3 is 10.2 Å². The molecule has 3 aromatic rings. The van der Waals surface area contributed by atoms with Crippen LogP contribution >= 0.6 is 0 Å². The molecule has 0 atom stereocenters. The van der Waals surface area contributed by atoms with Gasteiger partial charge in [-0.1, -0.05) is 18.2 Å². The smallest absolute Gasteiger partial charge is 0.291 e. The first-order valence-corrected chi connectivity index (χ1v) is 9.62. The summed E-state index contributed by atoms with van der Waals surface area (Å²) in [7, 11) is 0. The highest BCUT2D eigenvalue weighted by atomic mass is 16.2. The van der Waals surface area contributed by atoms with Gasteiger partial charge in [0.1, 0.15) is 0 Å². The second-order valence-corrected chi connectivity index (χ2v) is 7.11. The van der Waals surface area contributed by atoms with Crippen molar-refractivity contribution in [3.05, 3.63) is 53.6 Å². The van der Waals surface area contributed by atoms with Gasteiger partial charge in [0.15, 0.2) is 0 Å². The van der Waals surface area contributed by atoms with Crippen molar-refractivity contribution in [1.82, 2.24) is 29.8 Å². The maximum absolute atomic E-state index is 12.4. The maximum Gasteiger partial charge on any atom is 0.291 e. The molecular weight excluding hydrogens is 354 g/mol. The Morgan fingerprint density at radius 2 is 1.82 bits per heavy atom. The van der Waals surface area contributed by atoms with Gasteiger partial charge in [0.2, 0.25) is 5.82 Å². The Morgan fingerprint density at radius 3 is 2.57 bits per heavy atom. The normalized spacial score (nSPS) is 15.1. The number of benzene rings is 1. The molecule has 0 aliphatic carbocycles. The van der Waals surface area contributed by atoms with Crippen LogP contribution in [0, 0.1) is 13.8 Å². The molecule has 1 amide bonds. The lowest BCUT2D eigenvalue weighted by Crippen LogP contribution is -2.48. The lowest BCUT2D eigenvalue weighted by molar-refractivity contribution is 0.0937. The number of rotatable bonds is 5. The third-order valence-electron chi connectivity index (χ3n) is 5.03. The van der Waals surface area contributed by atoms with Gasteiger partial charge in [-0.15, -0.1) is 5.10 Å². The van der Waals surface area contributed by atoms with E-state index in [4.69, 9.17) is 0 Å². The van der Waals surface area contributed by atoms with Crippen LogP contribution in [-0.2, 0) is 0 Å². The zero-order valence-corrected chi connectivity index (χ0v) is 16.3. The van der Waals surface area contributed by atoms with Crippen molar-refractivity contribution in [2.24, 2.45) is 0 Å². The van der Waals surface area contributed by atoms with Crippen LogP contribution in [0.25, 0.3) is 5.78 Å². The predicted molar refractivity (Wildman–Crippen MR) is 108 cm³/mol. The number of nitrogens with zero attached hydrogens (tertiary/aromatic N) is 6. The van der Waals surface area contributed by atoms with Crippen LogP contribution in [-0.4, -0.2) is 69.7 Å². The number of para-hydroxylation sites is 1. The van der Waals surface area contributed by atoms with E-state index in [1.165, 1.54) is 5.69 Å². The minimum absolute atomic E-state index is 0.162. The summed E-state index contributed by atoms with van der Waals surface area (Å²) in [5.74, 6) is 0.361. The number of piperazine rings is 1. The van der Waals surface area contributed by atoms with Crippen molar-refractivity contribution in [3.8, 4) is 0 Å². The molecule has 1 fully saturated rings. The predicted octanol–water partition coefficient (Wildman–Crippen LogP) is 1.29. The standard InChI is InChI=1S/C20H25N7O/c1-15-14-16(2)27-20(22-15)23-18(24-27)19(28)21-8-9-25-10-12-26(13-11-25)17-6-4-3-5-7-17/h3-7,14H,8-13H2,1-2H3,(H,21,28). The Labute approximate surface area is 164 Å². The number of nitrogens with one attached hydrogen (secondary N) is 1. The largest absolute Gasteiger partial charge is 0.369 e. The second-order valence-electron chi connectivity index (χ2n) is 7.11. The van der Waals surface area contributed by atoms with E-state index >= 15 is 0 Å². The van der Waals surface area contributed by atoms with Crippen LogP contribution in [0.2, 0.25) is 0 Å². The van der Waals surface area contributed by atoms with Crippen molar-refractivity contribution in [2.75, 3.05) is 44.2 Å². The Kier molecular flexibility index (Phi) is 5.21. The minimum atomic E-state index is -0.259. The molecule has 2 aromatic heterocycles. The van der Waals surface area contributed by atoms with Crippen molar-refractivity contribution in [3.63, 3.8) is 0 Å². The lowest BCUT2D eigenvalue weighted by Gasteiger charge is -2.36. The number of carbonyl (C=O) groups excluding carboxylic acids is 1. The van der Waals surface area contributed by atoms with Gasteiger partial charge in [-0.25, -0.2) is 9.50 Å². The van der Waals surface area contributed by atoms with Gasteiger partial charge >= 0.3 is 0 Å². The molecule has 1 saturated heterocycles. The molecule has 1 aromatic carbocycles. The van der Waals surface area contributed by atoms with E-state index < -0.39 is 0 Å². The van der Waals surface area contributed by atoms with Crippen molar-refractivity contribution < 1.29 is 4.79 Å². The third kappa shape index (κ3) is 3.96. The van der Waals surface area contributed by atoms with E-state index in [1.54, 1.807) is 4.52 Å². The van der Waals surface area contributed by atoms with Crippen LogP contribution in [0.4, 0.5) is 5.69 Å². The first-order chi connectivity index (χ1) is 13.6. The quantitative estimate of drug-likeness (QED) is 0.720. The summed E-state index contributed by atoms with van der Waals surface area (Å²) in [6.07, 6.45) is 0. The average molecular weight is 379 g/mol. The molecular formula is C20H25N7O. The summed E-state index contributed by atoms with van der Waals surface area (Å²) in [4.78, 5) is 25.7. The molecule has 8 heteroatoms. The molecule has 1 aliphatic heterocycles. The molecule has 0 saturated carbocycles. The molecule has 1 N–H and O–H groups in total. The summed E-state index contributed by atoms with van der Waals surface area (Å²) in [5, 5.41) is 7.20. The van der Waals surface area contributed by atoms with E-state index in [0.29, 0.717) is 12.3 Å². The Balaban J connectivity index is 1.27. The number of anilines is 1. The highest BCUT2D eigenvalue weighted by Gasteiger charge is 2.18. The Hall–Kier alpha value is -3.00. The van der Waals surface area contributed by atoms with Crippen LogP contribution < -0.4 is 10.2 Å². The van der Waals surface area contributed by atoms with E-state index in [0.717, 1.165) is 44.1 Å². The SMILES string of the molecule is Cc1cc(C)n2nc(C(=O)NCCN3CCN(c4ccccc4)CC3)nc2n1. The molecule has 8 nitrogen and oxygen atoms in total. The second kappa shape index (κ2) is 7.93. The first kappa shape index (κ1) is 18.4. The van der Waals surface area contributed by atoms with Gasteiger partial charge in [-0.2, -0.15) is 4.98 Å². The van der Waals surface area contributed by atoms with Crippen LogP contribution in [0.3, 0.4) is 0 Å². The minimum Gasteiger partial charge on any atom is -0.369 e. The van der Waals surface area contributed by atoms with Gasteiger partial charge in [-0.3, -0.25) is 9.69 Å². The summed E-state index contributed by atoms with van der Waals surface area (Å²) >= 11 is 0. The van der Waals surface area contributed by atoms with Gasteiger partial charge in [0.05, 0.1) is 0 Å². The average Bonchev–Trinajstić information content (AvgIpc) is 3.14. The number of carbonyl (C=O) groups is 1. The zero-order chi connectivity index (χ0) is 19.5. The molecule has 0 spiro atoms. The summed E-state index contributed by atoms with van der Waals surface area (Å²) in [6, 6.07) is 12.4. The van der Waals surface area contributed by atoms with Crippen LogP contribution in [0.15, 0.2) is 36.4 Å². The number of aryl methyl sites for hydroxylation is 2.